The highest BCUT2D eigenvalue weighted by Crippen LogP contribution is 2.40. The van der Waals surface area contributed by atoms with Gasteiger partial charge in [-0.15, -0.1) is 22.7 Å². The molecule has 1 aromatic carbocycles. The first-order chi connectivity index (χ1) is 13.6. The van der Waals surface area contributed by atoms with Gasteiger partial charge in [0, 0.05) is 14.8 Å². The Morgan fingerprint density at radius 2 is 2.14 bits per heavy atom. The Balaban J connectivity index is 1.62. The SMILES string of the molecule is COc1ccc(Cl)cc1NC(=O)c1c(NCc2sccc2C)sc2c1CCC2. The molecule has 4 nitrogen and oxygen atoms in total. The highest BCUT2D eigenvalue weighted by atomic mass is 35.5. The summed E-state index contributed by atoms with van der Waals surface area (Å²) in [7, 11) is 1.58. The van der Waals surface area contributed by atoms with Crippen molar-refractivity contribution in [1.82, 2.24) is 0 Å². The third kappa shape index (κ3) is 3.77. The van der Waals surface area contributed by atoms with Gasteiger partial charge in [-0.1, -0.05) is 11.6 Å². The third-order valence-corrected chi connectivity index (χ3v) is 7.44. The summed E-state index contributed by atoms with van der Waals surface area (Å²) in [6, 6.07) is 7.34. The number of hydrogen-bond donors (Lipinski definition) is 2. The van der Waals surface area contributed by atoms with Crippen LogP contribution in [0.25, 0.3) is 0 Å². The molecule has 0 radical (unpaired) electrons. The van der Waals surface area contributed by atoms with E-state index in [-0.39, 0.29) is 5.91 Å². The largest absolute Gasteiger partial charge is 0.495 e. The van der Waals surface area contributed by atoms with E-state index >= 15 is 0 Å². The number of rotatable bonds is 6. The molecule has 0 saturated carbocycles. The van der Waals surface area contributed by atoms with Crippen molar-refractivity contribution >= 4 is 50.9 Å². The lowest BCUT2D eigenvalue weighted by Gasteiger charge is -2.13. The minimum absolute atomic E-state index is 0.120. The monoisotopic (exact) mass is 432 g/mol. The van der Waals surface area contributed by atoms with Gasteiger partial charge in [0.15, 0.2) is 0 Å². The summed E-state index contributed by atoms with van der Waals surface area (Å²) in [5.74, 6) is 0.471. The van der Waals surface area contributed by atoms with Crippen LogP contribution in [0.2, 0.25) is 5.02 Å². The summed E-state index contributed by atoms with van der Waals surface area (Å²) < 4.78 is 5.37. The van der Waals surface area contributed by atoms with Crippen molar-refractivity contribution in [3.05, 3.63) is 61.1 Å². The number of aryl methyl sites for hydroxylation is 2. The third-order valence-electron chi connectivity index (χ3n) is 4.94. The molecule has 0 aliphatic heterocycles. The Morgan fingerprint density at radius 1 is 1.29 bits per heavy atom. The number of carbonyl (C=O) groups excluding carboxylic acids is 1. The summed E-state index contributed by atoms with van der Waals surface area (Å²) in [6.07, 6.45) is 3.09. The molecule has 146 valence electrons. The van der Waals surface area contributed by atoms with Gasteiger partial charge in [-0.3, -0.25) is 4.79 Å². The smallest absolute Gasteiger partial charge is 0.259 e. The molecule has 7 heteroatoms. The van der Waals surface area contributed by atoms with Crippen molar-refractivity contribution in [2.75, 3.05) is 17.7 Å². The lowest BCUT2D eigenvalue weighted by molar-refractivity contribution is 0.102. The summed E-state index contributed by atoms with van der Waals surface area (Å²) in [6.45, 7) is 2.84. The van der Waals surface area contributed by atoms with Crippen molar-refractivity contribution in [3.63, 3.8) is 0 Å². The normalized spacial score (nSPS) is 12.7. The van der Waals surface area contributed by atoms with E-state index in [9.17, 15) is 4.79 Å². The molecule has 1 aliphatic rings. The van der Waals surface area contributed by atoms with E-state index in [0.29, 0.717) is 16.5 Å². The molecule has 3 aromatic rings. The molecule has 0 spiro atoms. The van der Waals surface area contributed by atoms with E-state index in [4.69, 9.17) is 16.3 Å². The molecule has 1 amide bonds. The van der Waals surface area contributed by atoms with Crippen molar-refractivity contribution in [2.24, 2.45) is 0 Å². The van der Waals surface area contributed by atoms with Crippen LogP contribution in [0.1, 0.15) is 37.7 Å². The zero-order chi connectivity index (χ0) is 19.7. The quantitative estimate of drug-likeness (QED) is 0.492. The van der Waals surface area contributed by atoms with Crippen LogP contribution in [0.3, 0.4) is 0 Å². The number of amides is 1. The van der Waals surface area contributed by atoms with Gasteiger partial charge < -0.3 is 15.4 Å². The first kappa shape index (κ1) is 19.3. The standard InChI is InChI=1S/C21H21ClN2O2S2/c1-12-8-9-27-18(12)11-23-21-19(14-4-3-5-17(14)28-21)20(25)24-15-10-13(22)6-7-16(15)26-2/h6-10,23H,3-5,11H2,1-2H3,(H,24,25). The van der Waals surface area contributed by atoms with Crippen LogP contribution in [0, 0.1) is 6.92 Å². The molecule has 28 heavy (non-hydrogen) atoms. The molecule has 4 rings (SSSR count). The summed E-state index contributed by atoms with van der Waals surface area (Å²) in [4.78, 5) is 15.8. The summed E-state index contributed by atoms with van der Waals surface area (Å²) >= 11 is 9.55. The molecule has 2 N–H and O–H groups in total. The molecule has 0 fully saturated rings. The van der Waals surface area contributed by atoms with Crippen molar-refractivity contribution in [3.8, 4) is 5.75 Å². The maximum Gasteiger partial charge on any atom is 0.259 e. The molecular weight excluding hydrogens is 412 g/mol. The number of fused-ring (bicyclic) bond motifs is 1. The highest BCUT2D eigenvalue weighted by molar-refractivity contribution is 7.16. The van der Waals surface area contributed by atoms with Gasteiger partial charge in [-0.25, -0.2) is 0 Å². The van der Waals surface area contributed by atoms with Crippen LogP contribution in [0.5, 0.6) is 5.75 Å². The fraction of sp³-hybridized carbons (Fsp3) is 0.286. The van der Waals surface area contributed by atoms with E-state index in [1.165, 1.54) is 20.9 Å². The number of methoxy groups -OCH3 is 1. The fourth-order valence-electron chi connectivity index (χ4n) is 3.48. The van der Waals surface area contributed by atoms with Gasteiger partial charge in [-0.2, -0.15) is 0 Å². The topological polar surface area (TPSA) is 50.4 Å². The van der Waals surface area contributed by atoms with Crippen LogP contribution < -0.4 is 15.4 Å². The Bertz CT molecular complexity index is 1030. The van der Waals surface area contributed by atoms with Gasteiger partial charge in [0.25, 0.3) is 5.91 Å². The second kappa shape index (κ2) is 8.15. The number of anilines is 2. The summed E-state index contributed by atoms with van der Waals surface area (Å²) in [5, 5.41) is 10.1. The number of carbonyl (C=O) groups is 1. The zero-order valence-electron chi connectivity index (χ0n) is 15.7. The van der Waals surface area contributed by atoms with Crippen molar-refractivity contribution in [2.45, 2.75) is 32.7 Å². The number of nitrogens with one attached hydrogen (secondary N) is 2. The molecule has 2 heterocycles. The second-order valence-electron chi connectivity index (χ2n) is 6.74. The van der Waals surface area contributed by atoms with E-state index < -0.39 is 0 Å². The van der Waals surface area contributed by atoms with Gasteiger partial charge in [0.1, 0.15) is 10.8 Å². The van der Waals surface area contributed by atoms with Crippen LogP contribution in [0.15, 0.2) is 29.6 Å². The number of benzene rings is 1. The minimum Gasteiger partial charge on any atom is -0.495 e. The van der Waals surface area contributed by atoms with E-state index in [2.05, 4.69) is 29.0 Å². The Kier molecular flexibility index (Phi) is 5.62. The van der Waals surface area contributed by atoms with E-state index in [1.807, 2.05) is 0 Å². The molecule has 2 aromatic heterocycles. The molecule has 0 saturated heterocycles. The molecular formula is C21H21ClN2O2S2. The van der Waals surface area contributed by atoms with Gasteiger partial charge in [0.2, 0.25) is 0 Å². The lowest BCUT2D eigenvalue weighted by Crippen LogP contribution is -2.15. The van der Waals surface area contributed by atoms with Crippen LogP contribution >= 0.6 is 34.3 Å². The Hall–Kier alpha value is -2.02. The summed E-state index contributed by atoms with van der Waals surface area (Å²) in [5.41, 5.74) is 3.79. The molecule has 0 unspecified atom stereocenters. The van der Waals surface area contributed by atoms with E-state index in [1.54, 1.807) is 48.0 Å². The van der Waals surface area contributed by atoms with Crippen molar-refractivity contribution < 1.29 is 9.53 Å². The zero-order valence-corrected chi connectivity index (χ0v) is 18.1. The van der Waals surface area contributed by atoms with Crippen LogP contribution in [-0.2, 0) is 19.4 Å². The Labute approximate surface area is 177 Å². The minimum atomic E-state index is -0.120. The van der Waals surface area contributed by atoms with Crippen molar-refractivity contribution in [1.29, 1.82) is 0 Å². The Morgan fingerprint density at radius 3 is 2.89 bits per heavy atom. The van der Waals surface area contributed by atoms with Gasteiger partial charge in [-0.05, 0) is 67.0 Å². The molecule has 0 atom stereocenters. The van der Waals surface area contributed by atoms with Gasteiger partial charge in [0.05, 0.1) is 24.9 Å². The highest BCUT2D eigenvalue weighted by Gasteiger charge is 2.27. The fourth-order valence-corrected chi connectivity index (χ4v) is 5.78. The average molecular weight is 433 g/mol. The predicted molar refractivity (Wildman–Crippen MR) is 119 cm³/mol. The van der Waals surface area contributed by atoms with Gasteiger partial charge >= 0.3 is 0 Å². The number of thiophene rings is 2. The number of ether oxygens (including phenoxy) is 1. The molecule has 1 aliphatic carbocycles. The number of halogens is 1. The average Bonchev–Trinajstić information content (AvgIpc) is 3.35. The molecule has 0 bridgehead atoms. The van der Waals surface area contributed by atoms with E-state index in [0.717, 1.165) is 36.4 Å². The first-order valence-electron chi connectivity index (χ1n) is 9.13. The van der Waals surface area contributed by atoms with Crippen LogP contribution in [-0.4, -0.2) is 13.0 Å². The maximum atomic E-state index is 13.2. The first-order valence-corrected chi connectivity index (χ1v) is 11.2. The number of hydrogen-bond acceptors (Lipinski definition) is 5. The lowest BCUT2D eigenvalue weighted by atomic mass is 10.1. The second-order valence-corrected chi connectivity index (χ2v) is 9.28. The van der Waals surface area contributed by atoms with Crippen LogP contribution in [0.4, 0.5) is 10.7 Å². The maximum absolute atomic E-state index is 13.2. The predicted octanol–water partition coefficient (Wildman–Crippen LogP) is 6.13.